The molecule has 1 aliphatic heterocycles. The molecular formula is C9H16N4. The Bertz CT molecular complexity index is 273. The standard InChI is InChI=1S/C9H16N4/c1-13-4-2-7(3-5-13)9-8(10)6-11-12-9/h6-7H,2-5,10H2,1H3,(H,11,12). The van der Waals surface area contributed by atoms with Crippen molar-refractivity contribution >= 4 is 5.69 Å². The minimum Gasteiger partial charge on any atom is -0.396 e. The highest BCUT2D eigenvalue weighted by Gasteiger charge is 2.21. The number of nitrogens with zero attached hydrogens (tertiary/aromatic N) is 2. The number of likely N-dealkylation sites (tertiary alicyclic amines) is 1. The number of nitrogen functional groups attached to an aromatic ring is 1. The normalized spacial score (nSPS) is 20.7. The molecule has 0 bridgehead atoms. The van der Waals surface area contributed by atoms with Crippen LogP contribution in [0.3, 0.4) is 0 Å². The summed E-state index contributed by atoms with van der Waals surface area (Å²) < 4.78 is 0. The fourth-order valence-corrected chi connectivity index (χ4v) is 1.92. The molecule has 0 radical (unpaired) electrons. The second kappa shape index (κ2) is 3.38. The Labute approximate surface area is 78.1 Å². The van der Waals surface area contributed by atoms with Crippen LogP contribution >= 0.6 is 0 Å². The summed E-state index contributed by atoms with van der Waals surface area (Å²) in [6, 6.07) is 0. The van der Waals surface area contributed by atoms with E-state index in [1.54, 1.807) is 6.20 Å². The maximum absolute atomic E-state index is 5.80. The lowest BCUT2D eigenvalue weighted by molar-refractivity contribution is 0.253. The van der Waals surface area contributed by atoms with E-state index in [-0.39, 0.29) is 0 Å². The van der Waals surface area contributed by atoms with Gasteiger partial charge in [-0.05, 0) is 33.0 Å². The van der Waals surface area contributed by atoms with Gasteiger partial charge in [0.1, 0.15) is 0 Å². The third-order valence-corrected chi connectivity index (χ3v) is 2.81. The van der Waals surface area contributed by atoms with Crippen LogP contribution in [0.15, 0.2) is 6.20 Å². The highest BCUT2D eigenvalue weighted by molar-refractivity contribution is 5.42. The summed E-state index contributed by atoms with van der Waals surface area (Å²) in [7, 11) is 2.16. The van der Waals surface area contributed by atoms with E-state index in [0.29, 0.717) is 5.92 Å². The summed E-state index contributed by atoms with van der Waals surface area (Å²) in [6.45, 7) is 2.30. The van der Waals surface area contributed by atoms with Gasteiger partial charge in [-0.3, -0.25) is 5.10 Å². The molecule has 0 unspecified atom stereocenters. The second-order valence-electron chi connectivity index (χ2n) is 3.80. The van der Waals surface area contributed by atoms with Crippen molar-refractivity contribution in [3.8, 4) is 0 Å². The maximum Gasteiger partial charge on any atom is 0.0883 e. The Morgan fingerprint density at radius 3 is 2.77 bits per heavy atom. The van der Waals surface area contributed by atoms with E-state index in [1.165, 1.54) is 12.8 Å². The lowest BCUT2D eigenvalue weighted by atomic mass is 9.93. The number of aromatic nitrogens is 2. The fourth-order valence-electron chi connectivity index (χ4n) is 1.92. The van der Waals surface area contributed by atoms with Crippen molar-refractivity contribution in [1.29, 1.82) is 0 Å². The van der Waals surface area contributed by atoms with Crippen LogP contribution < -0.4 is 5.73 Å². The number of hydrogen-bond acceptors (Lipinski definition) is 3. The summed E-state index contributed by atoms with van der Waals surface area (Å²) in [4.78, 5) is 2.35. The van der Waals surface area contributed by atoms with Crippen LogP contribution in [0.25, 0.3) is 0 Å². The molecule has 1 aliphatic rings. The number of rotatable bonds is 1. The zero-order valence-electron chi connectivity index (χ0n) is 7.95. The molecule has 4 nitrogen and oxygen atoms in total. The van der Waals surface area contributed by atoms with Crippen LogP contribution in [-0.4, -0.2) is 35.2 Å². The Morgan fingerprint density at radius 1 is 1.54 bits per heavy atom. The average molecular weight is 180 g/mol. The monoisotopic (exact) mass is 180 g/mol. The van der Waals surface area contributed by atoms with Crippen LogP contribution in [0.2, 0.25) is 0 Å². The molecule has 1 saturated heterocycles. The van der Waals surface area contributed by atoms with E-state index in [2.05, 4.69) is 22.1 Å². The van der Waals surface area contributed by atoms with Crippen molar-refractivity contribution in [3.05, 3.63) is 11.9 Å². The molecular weight excluding hydrogens is 164 g/mol. The molecule has 1 aromatic rings. The van der Waals surface area contributed by atoms with E-state index in [0.717, 1.165) is 24.5 Å². The van der Waals surface area contributed by atoms with E-state index >= 15 is 0 Å². The summed E-state index contributed by atoms with van der Waals surface area (Å²) in [5, 5.41) is 7.01. The smallest absolute Gasteiger partial charge is 0.0883 e. The SMILES string of the molecule is CN1CCC(c2n[nH]cc2N)CC1. The molecule has 0 aromatic carbocycles. The van der Waals surface area contributed by atoms with Gasteiger partial charge in [0, 0.05) is 12.1 Å². The van der Waals surface area contributed by atoms with E-state index < -0.39 is 0 Å². The summed E-state index contributed by atoms with van der Waals surface area (Å²) in [6.07, 6.45) is 4.12. The Balaban J connectivity index is 2.06. The number of hydrogen-bond donors (Lipinski definition) is 2. The highest BCUT2D eigenvalue weighted by Crippen LogP contribution is 2.28. The van der Waals surface area contributed by atoms with Gasteiger partial charge in [0.25, 0.3) is 0 Å². The number of nitrogens with two attached hydrogens (primary N) is 1. The van der Waals surface area contributed by atoms with E-state index in [9.17, 15) is 0 Å². The molecule has 1 fully saturated rings. The molecule has 0 amide bonds. The Kier molecular flexibility index (Phi) is 2.22. The first-order chi connectivity index (χ1) is 6.27. The number of H-pyrrole nitrogens is 1. The van der Waals surface area contributed by atoms with Gasteiger partial charge in [0.05, 0.1) is 11.4 Å². The third-order valence-electron chi connectivity index (χ3n) is 2.81. The van der Waals surface area contributed by atoms with Gasteiger partial charge >= 0.3 is 0 Å². The number of piperidine rings is 1. The van der Waals surface area contributed by atoms with Crippen molar-refractivity contribution in [2.75, 3.05) is 25.9 Å². The molecule has 1 aromatic heterocycles. The molecule has 0 saturated carbocycles. The van der Waals surface area contributed by atoms with E-state index in [4.69, 9.17) is 5.73 Å². The summed E-state index contributed by atoms with van der Waals surface area (Å²) >= 11 is 0. The predicted octanol–water partition coefficient (Wildman–Crippen LogP) is 0.801. The van der Waals surface area contributed by atoms with Gasteiger partial charge in [-0.2, -0.15) is 5.10 Å². The first kappa shape index (κ1) is 8.56. The topological polar surface area (TPSA) is 57.9 Å². The molecule has 4 heteroatoms. The van der Waals surface area contributed by atoms with Crippen molar-refractivity contribution in [3.63, 3.8) is 0 Å². The van der Waals surface area contributed by atoms with Crippen LogP contribution in [-0.2, 0) is 0 Å². The molecule has 13 heavy (non-hydrogen) atoms. The van der Waals surface area contributed by atoms with Crippen molar-refractivity contribution in [2.45, 2.75) is 18.8 Å². The van der Waals surface area contributed by atoms with Gasteiger partial charge in [-0.25, -0.2) is 0 Å². The maximum atomic E-state index is 5.80. The number of anilines is 1. The van der Waals surface area contributed by atoms with Gasteiger partial charge in [0.15, 0.2) is 0 Å². The molecule has 72 valence electrons. The average Bonchev–Trinajstić information content (AvgIpc) is 2.53. The second-order valence-corrected chi connectivity index (χ2v) is 3.80. The van der Waals surface area contributed by atoms with Gasteiger partial charge in [-0.1, -0.05) is 0 Å². The highest BCUT2D eigenvalue weighted by atomic mass is 15.1. The van der Waals surface area contributed by atoms with Crippen molar-refractivity contribution in [1.82, 2.24) is 15.1 Å². The molecule has 0 aliphatic carbocycles. The van der Waals surface area contributed by atoms with Crippen molar-refractivity contribution in [2.24, 2.45) is 0 Å². The largest absolute Gasteiger partial charge is 0.396 e. The number of nitrogens with one attached hydrogen (secondary N) is 1. The van der Waals surface area contributed by atoms with Crippen molar-refractivity contribution < 1.29 is 0 Å². The van der Waals surface area contributed by atoms with Gasteiger partial charge in [-0.15, -0.1) is 0 Å². The third kappa shape index (κ3) is 1.67. The molecule has 2 rings (SSSR count). The Hall–Kier alpha value is -1.03. The predicted molar refractivity (Wildman–Crippen MR) is 52.5 cm³/mol. The van der Waals surface area contributed by atoms with Gasteiger partial charge in [0.2, 0.25) is 0 Å². The van der Waals surface area contributed by atoms with E-state index in [1.807, 2.05) is 0 Å². The first-order valence-corrected chi connectivity index (χ1v) is 4.75. The molecule has 2 heterocycles. The van der Waals surface area contributed by atoms with Crippen LogP contribution in [0.4, 0.5) is 5.69 Å². The zero-order chi connectivity index (χ0) is 9.26. The lowest BCUT2D eigenvalue weighted by Crippen LogP contribution is -2.29. The lowest BCUT2D eigenvalue weighted by Gasteiger charge is -2.27. The molecule has 0 spiro atoms. The zero-order valence-corrected chi connectivity index (χ0v) is 7.95. The quantitative estimate of drug-likeness (QED) is 0.672. The van der Waals surface area contributed by atoms with Crippen LogP contribution in [0, 0.1) is 0 Å². The number of aromatic amines is 1. The summed E-state index contributed by atoms with van der Waals surface area (Å²) in [5.74, 6) is 0.558. The molecule has 3 N–H and O–H groups in total. The fraction of sp³-hybridized carbons (Fsp3) is 0.667. The first-order valence-electron chi connectivity index (χ1n) is 4.75. The minimum atomic E-state index is 0.558. The Morgan fingerprint density at radius 2 is 2.23 bits per heavy atom. The summed E-state index contributed by atoms with van der Waals surface area (Å²) in [5.41, 5.74) is 7.68. The van der Waals surface area contributed by atoms with Gasteiger partial charge < -0.3 is 10.6 Å². The van der Waals surface area contributed by atoms with Crippen LogP contribution in [0.1, 0.15) is 24.5 Å². The van der Waals surface area contributed by atoms with Crippen LogP contribution in [0.5, 0.6) is 0 Å². The minimum absolute atomic E-state index is 0.558. The molecule has 0 atom stereocenters.